The van der Waals surface area contributed by atoms with Crippen molar-refractivity contribution >= 4 is 28.5 Å². The number of imidazole rings is 1. The van der Waals surface area contributed by atoms with Crippen molar-refractivity contribution < 1.29 is 4.79 Å². The van der Waals surface area contributed by atoms with E-state index in [9.17, 15) is 4.79 Å². The first-order valence-corrected chi connectivity index (χ1v) is 9.47. The molecule has 1 fully saturated rings. The molecule has 0 spiro atoms. The molecule has 2 heterocycles. The maximum absolute atomic E-state index is 12.3. The van der Waals surface area contributed by atoms with Gasteiger partial charge in [0.15, 0.2) is 5.82 Å². The molecule has 2 amide bonds. The molecule has 2 aliphatic rings. The number of H-pyrrole nitrogens is 1. The summed E-state index contributed by atoms with van der Waals surface area (Å²) < 4.78 is 0. The van der Waals surface area contributed by atoms with Gasteiger partial charge in [-0.15, -0.1) is 0 Å². The maximum Gasteiger partial charge on any atom is 0.319 e. The van der Waals surface area contributed by atoms with Crippen molar-refractivity contribution in [1.82, 2.24) is 15.3 Å². The van der Waals surface area contributed by atoms with Gasteiger partial charge in [0.2, 0.25) is 0 Å². The van der Waals surface area contributed by atoms with Crippen LogP contribution in [0.2, 0.25) is 0 Å². The van der Waals surface area contributed by atoms with Crippen LogP contribution in [0, 0.1) is 0 Å². The number of nitrogens with zero attached hydrogens (tertiary/aromatic N) is 2. The highest BCUT2D eigenvalue weighted by molar-refractivity contribution is 6.14. The molecule has 0 unspecified atom stereocenters. The number of hydrogen-bond donors (Lipinski definition) is 3. The lowest BCUT2D eigenvalue weighted by molar-refractivity contribution is 0.248. The molecule has 1 aliphatic carbocycles. The van der Waals surface area contributed by atoms with Crippen LogP contribution >= 0.6 is 0 Å². The lowest BCUT2D eigenvalue weighted by Crippen LogP contribution is -2.36. The van der Waals surface area contributed by atoms with Crippen LogP contribution in [0.25, 0.3) is 11.0 Å². The zero-order chi connectivity index (χ0) is 18.2. The number of hydrogen-bond acceptors (Lipinski definition) is 3. The Kier molecular flexibility index (Phi) is 3.89. The maximum atomic E-state index is 12.3. The first-order valence-electron chi connectivity index (χ1n) is 9.47. The first kappa shape index (κ1) is 16.1. The number of amides is 2. The molecule has 1 saturated carbocycles. The van der Waals surface area contributed by atoms with Crippen LogP contribution in [0.15, 0.2) is 47.5 Å². The number of carbonyl (C=O) groups excluding carboxylic acids is 1. The van der Waals surface area contributed by atoms with Crippen LogP contribution in [-0.2, 0) is 6.54 Å². The molecule has 0 atom stereocenters. The molecule has 0 bridgehead atoms. The van der Waals surface area contributed by atoms with Crippen molar-refractivity contribution in [2.24, 2.45) is 4.99 Å². The van der Waals surface area contributed by atoms with Crippen LogP contribution in [0.1, 0.15) is 42.6 Å². The van der Waals surface area contributed by atoms with E-state index in [0.29, 0.717) is 12.6 Å². The summed E-state index contributed by atoms with van der Waals surface area (Å²) in [5, 5.41) is 6.02. The number of carbonyl (C=O) groups is 1. The molecule has 1 aliphatic heterocycles. The fraction of sp³-hybridized carbons (Fsp3) is 0.286. The third-order valence-electron chi connectivity index (χ3n) is 5.33. The zero-order valence-electron chi connectivity index (χ0n) is 15.0. The molecule has 0 saturated heterocycles. The average Bonchev–Trinajstić information content (AvgIpc) is 3.40. The van der Waals surface area contributed by atoms with E-state index in [1.807, 2.05) is 42.5 Å². The number of para-hydroxylation sites is 2. The standard InChI is InChI=1S/C21H21N5O/c27-21(23-14-5-1-2-6-14)24-15-10-9-13-12-22-19(16(13)11-15)20-25-17-7-3-4-8-18(17)26-20/h3-4,7-11,14H,1-2,5-6,12H2,(H,25,26)(H2,23,24,27). The lowest BCUT2D eigenvalue weighted by atomic mass is 10.0. The van der Waals surface area contributed by atoms with Gasteiger partial charge in [-0.2, -0.15) is 0 Å². The van der Waals surface area contributed by atoms with Crippen LogP contribution in [0.3, 0.4) is 0 Å². The molecule has 3 aromatic rings. The molecular weight excluding hydrogens is 338 g/mol. The van der Waals surface area contributed by atoms with E-state index < -0.39 is 0 Å². The smallest absolute Gasteiger partial charge is 0.319 e. The Bertz CT molecular complexity index is 1010. The van der Waals surface area contributed by atoms with Gasteiger partial charge in [0.25, 0.3) is 0 Å². The fourth-order valence-corrected chi connectivity index (χ4v) is 3.95. The highest BCUT2D eigenvalue weighted by Crippen LogP contribution is 2.26. The summed E-state index contributed by atoms with van der Waals surface area (Å²) in [4.78, 5) is 24.9. The van der Waals surface area contributed by atoms with E-state index in [0.717, 1.165) is 52.2 Å². The van der Waals surface area contributed by atoms with Crippen molar-refractivity contribution in [3.8, 4) is 0 Å². The second kappa shape index (κ2) is 6.54. The summed E-state index contributed by atoms with van der Waals surface area (Å²) in [7, 11) is 0. The van der Waals surface area contributed by atoms with E-state index in [1.54, 1.807) is 0 Å². The number of fused-ring (bicyclic) bond motifs is 2. The molecule has 3 N–H and O–H groups in total. The van der Waals surface area contributed by atoms with Crippen molar-refractivity contribution in [3.63, 3.8) is 0 Å². The normalized spacial score (nSPS) is 16.4. The molecule has 2 aromatic carbocycles. The first-order chi connectivity index (χ1) is 13.3. The van der Waals surface area contributed by atoms with Gasteiger partial charge in [-0.1, -0.05) is 31.0 Å². The average molecular weight is 359 g/mol. The topological polar surface area (TPSA) is 82.2 Å². The number of nitrogens with one attached hydrogen (secondary N) is 3. The number of rotatable bonds is 3. The van der Waals surface area contributed by atoms with Gasteiger partial charge in [-0.3, -0.25) is 4.99 Å². The summed E-state index contributed by atoms with van der Waals surface area (Å²) in [6, 6.07) is 14.1. The van der Waals surface area contributed by atoms with Crippen LogP contribution < -0.4 is 10.6 Å². The predicted molar refractivity (Wildman–Crippen MR) is 106 cm³/mol. The predicted octanol–water partition coefficient (Wildman–Crippen LogP) is 3.98. The minimum absolute atomic E-state index is 0.137. The Hall–Kier alpha value is -3.15. The lowest BCUT2D eigenvalue weighted by Gasteiger charge is -2.13. The van der Waals surface area contributed by atoms with Crippen molar-refractivity contribution in [1.29, 1.82) is 0 Å². The summed E-state index contributed by atoms with van der Waals surface area (Å²) in [5.74, 6) is 0.766. The zero-order valence-corrected chi connectivity index (χ0v) is 15.0. The van der Waals surface area contributed by atoms with Gasteiger partial charge < -0.3 is 15.6 Å². The molecule has 5 rings (SSSR count). The number of aromatic nitrogens is 2. The minimum Gasteiger partial charge on any atom is -0.337 e. The monoisotopic (exact) mass is 359 g/mol. The van der Waals surface area contributed by atoms with Crippen molar-refractivity contribution in [2.45, 2.75) is 38.3 Å². The van der Waals surface area contributed by atoms with E-state index in [1.165, 1.54) is 12.8 Å². The third kappa shape index (κ3) is 3.07. The van der Waals surface area contributed by atoms with Crippen LogP contribution in [-0.4, -0.2) is 27.8 Å². The van der Waals surface area contributed by atoms with Crippen molar-refractivity contribution in [2.75, 3.05) is 5.32 Å². The fourth-order valence-electron chi connectivity index (χ4n) is 3.95. The number of aliphatic imine (C=N–C) groups is 1. The Labute approximate surface area is 157 Å². The highest BCUT2D eigenvalue weighted by atomic mass is 16.2. The minimum atomic E-state index is -0.137. The molecule has 1 aromatic heterocycles. The van der Waals surface area contributed by atoms with E-state index >= 15 is 0 Å². The molecule has 6 nitrogen and oxygen atoms in total. The number of benzene rings is 2. The number of aromatic amines is 1. The molecule has 27 heavy (non-hydrogen) atoms. The Morgan fingerprint density at radius 3 is 2.81 bits per heavy atom. The van der Waals surface area contributed by atoms with Gasteiger partial charge in [0.05, 0.1) is 17.6 Å². The quantitative estimate of drug-likeness (QED) is 0.661. The largest absolute Gasteiger partial charge is 0.337 e. The van der Waals surface area contributed by atoms with Crippen LogP contribution in [0.4, 0.5) is 10.5 Å². The van der Waals surface area contributed by atoms with E-state index in [4.69, 9.17) is 0 Å². The summed E-state index contributed by atoms with van der Waals surface area (Å²) in [5.41, 5.74) is 5.71. The Morgan fingerprint density at radius 2 is 1.96 bits per heavy atom. The molecule has 0 radical (unpaired) electrons. The van der Waals surface area contributed by atoms with Gasteiger partial charge >= 0.3 is 6.03 Å². The summed E-state index contributed by atoms with van der Waals surface area (Å²) in [6.45, 7) is 0.635. The van der Waals surface area contributed by atoms with Crippen molar-refractivity contribution in [3.05, 3.63) is 59.4 Å². The Morgan fingerprint density at radius 1 is 1.11 bits per heavy atom. The molecule has 136 valence electrons. The second-order valence-corrected chi connectivity index (χ2v) is 7.22. The number of anilines is 1. The van der Waals surface area contributed by atoms with Gasteiger partial charge in [-0.05, 0) is 42.7 Å². The third-order valence-corrected chi connectivity index (χ3v) is 5.33. The van der Waals surface area contributed by atoms with Gasteiger partial charge in [-0.25, -0.2) is 9.78 Å². The summed E-state index contributed by atoms with van der Waals surface area (Å²) >= 11 is 0. The highest BCUT2D eigenvalue weighted by Gasteiger charge is 2.22. The molecular formula is C21H21N5O. The van der Waals surface area contributed by atoms with E-state index in [2.05, 4.69) is 25.6 Å². The Balaban J connectivity index is 1.38. The molecule has 6 heteroatoms. The summed E-state index contributed by atoms with van der Waals surface area (Å²) in [6.07, 6.45) is 4.53. The SMILES string of the molecule is O=C(Nc1ccc2c(c1)C(c1nc3ccccc3[nH]1)=NC2)NC1CCCC1. The van der Waals surface area contributed by atoms with Crippen LogP contribution in [0.5, 0.6) is 0 Å². The second-order valence-electron chi connectivity index (χ2n) is 7.22. The van der Waals surface area contributed by atoms with Gasteiger partial charge in [0, 0.05) is 17.3 Å². The van der Waals surface area contributed by atoms with Gasteiger partial charge in [0.1, 0.15) is 5.71 Å². The number of urea groups is 1. The van der Waals surface area contributed by atoms with E-state index in [-0.39, 0.29) is 6.03 Å².